The minimum Gasteiger partial charge on any atom is -0.461 e. The normalized spacial score (nSPS) is 16.4. The van der Waals surface area contributed by atoms with Gasteiger partial charge in [0.25, 0.3) is 0 Å². The lowest BCUT2D eigenvalue weighted by Crippen LogP contribution is -2.03. The highest BCUT2D eigenvalue weighted by molar-refractivity contribution is 5.83. The van der Waals surface area contributed by atoms with Crippen molar-refractivity contribution in [3.8, 4) is 0 Å². The lowest BCUT2D eigenvalue weighted by Gasteiger charge is -2.13. The number of rotatable bonds is 1. The van der Waals surface area contributed by atoms with E-state index in [0.717, 1.165) is 31.0 Å². The van der Waals surface area contributed by atoms with Crippen LogP contribution in [0.15, 0.2) is 34.8 Å². The van der Waals surface area contributed by atoms with Crippen LogP contribution in [0.5, 0.6) is 0 Å². The Kier molecular flexibility index (Phi) is 2.29. The molecule has 0 amide bonds. The fourth-order valence-corrected chi connectivity index (χ4v) is 2.17. The topological polar surface area (TPSA) is 22.4 Å². The van der Waals surface area contributed by atoms with Gasteiger partial charge < -0.3 is 9.15 Å². The van der Waals surface area contributed by atoms with Crippen LogP contribution in [-0.4, -0.2) is 13.2 Å². The van der Waals surface area contributed by atoms with Gasteiger partial charge in [-0.1, -0.05) is 12.1 Å². The van der Waals surface area contributed by atoms with E-state index in [4.69, 9.17) is 9.15 Å². The van der Waals surface area contributed by atoms with Gasteiger partial charge in [0.1, 0.15) is 11.3 Å². The van der Waals surface area contributed by atoms with Gasteiger partial charge in [0.2, 0.25) is 0 Å². The molecular weight excluding hydrogens is 200 g/mol. The Labute approximate surface area is 94.5 Å². The van der Waals surface area contributed by atoms with Gasteiger partial charge in [-0.2, -0.15) is 0 Å². The Morgan fingerprint density at radius 1 is 1.19 bits per heavy atom. The quantitative estimate of drug-likeness (QED) is 0.724. The summed E-state index contributed by atoms with van der Waals surface area (Å²) in [5, 5.41) is 1.18. The first-order valence-corrected chi connectivity index (χ1v) is 5.60. The third kappa shape index (κ3) is 1.65. The van der Waals surface area contributed by atoms with E-state index >= 15 is 0 Å². The first-order valence-electron chi connectivity index (χ1n) is 5.60. The number of benzene rings is 1. The number of furan rings is 1. The van der Waals surface area contributed by atoms with E-state index in [2.05, 4.69) is 24.3 Å². The van der Waals surface area contributed by atoms with Crippen molar-refractivity contribution < 1.29 is 9.15 Å². The van der Waals surface area contributed by atoms with E-state index < -0.39 is 0 Å². The molecule has 0 aliphatic carbocycles. The predicted octanol–water partition coefficient (Wildman–Crippen LogP) is 3.54. The van der Waals surface area contributed by atoms with Gasteiger partial charge in [-0.05, 0) is 42.7 Å². The molecule has 2 heterocycles. The molecule has 3 rings (SSSR count). The van der Waals surface area contributed by atoms with Gasteiger partial charge in [0.05, 0.1) is 13.2 Å². The molecule has 2 nitrogen and oxygen atoms in total. The average molecular weight is 214 g/mol. The Hall–Kier alpha value is -1.54. The van der Waals surface area contributed by atoms with E-state index in [1.54, 1.807) is 0 Å². The van der Waals surface area contributed by atoms with Crippen molar-refractivity contribution in [1.29, 1.82) is 0 Å². The summed E-state index contributed by atoms with van der Waals surface area (Å²) in [5.41, 5.74) is 3.64. The Morgan fingerprint density at radius 2 is 2.12 bits per heavy atom. The van der Waals surface area contributed by atoms with Crippen LogP contribution in [0.2, 0.25) is 0 Å². The lowest BCUT2D eigenvalue weighted by atomic mass is 10.0. The van der Waals surface area contributed by atoms with Crippen molar-refractivity contribution >= 4 is 16.5 Å². The number of hydrogen-bond donors (Lipinski definition) is 0. The molecule has 0 fully saturated rings. The molecule has 1 aromatic carbocycles. The summed E-state index contributed by atoms with van der Waals surface area (Å²) < 4.78 is 10.9. The number of hydrogen-bond acceptors (Lipinski definition) is 2. The van der Waals surface area contributed by atoms with Crippen molar-refractivity contribution in [2.45, 2.75) is 13.3 Å². The third-order valence-electron chi connectivity index (χ3n) is 2.97. The van der Waals surface area contributed by atoms with E-state index in [0.29, 0.717) is 0 Å². The van der Waals surface area contributed by atoms with Gasteiger partial charge in [-0.25, -0.2) is 0 Å². The molecule has 0 saturated carbocycles. The summed E-state index contributed by atoms with van der Waals surface area (Å²) in [6.45, 7) is 3.54. The van der Waals surface area contributed by atoms with Crippen LogP contribution in [-0.2, 0) is 4.74 Å². The van der Waals surface area contributed by atoms with Crippen LogP contribution in [0.3, 0.4) is 0 Å². The summed E-state index contributed by atoms with van der Waals surface area (Å²) in [7, 11) is 0. The minimum absolute atomic E-state index is 0.734. The van der Waals surface area contributed by atoms with Crippen LogP contribution in [0, 0.1) is 6.92 Å². The highest BCUT2D eigenvalue weighted by Crippen LogP contribution is 2.26. The fourth-order valence-electron chi connectivity index (χ4n) is 2.17. The number of ether oxygens (including phenoxy) is 1. The molecule has 0 unspecified atom stereocenters. The molecule has 2 aromatic rings. The molecule has 2 heteroatoms. The van der Waals surface area contributed by atoms with Crippen LogP contribution >= 0.6 is 0 Å². The van der Waals surface area contributed by atoms with Gasteiger partial charge in [0.15, 0.2) is 0 Å². The van der Waals surface area contributed by atoms with Gasteiger partial charge in [0, 0.05) is 5.39 Å². The summed E-state index contributed by atoms with van der Waals surface area (Å²) in [5.74, 6) is 0.966. The summed E-state index contributed by atoms with van der Waals surface area (Å²) in [4.78, 5) is 0. The van der Waals surface area contributed by atoms with Gasteiger partial charge in [-0.15, -0.1) is 0 Å². The van der Waals surface area contributed by atoms with E-state index in [1.807, 2.05) is 13.0 Å². The van der Waals surface area contributed by atoms with Crippen molar-refractivity contribution in [2.24, 2.45) is 0 Å². The second-order valence-electron chi connectivity index (χ2n) is 4.16. The van der Waals surface area contributed by atoms with Crippen LogP contribution in [0.4, 0.5) is 0 Å². The molecule has 0 saturated heterocycles. The third-order valence-corrected chi connectivity index (χ3v) is 2.97. The predicted molar refractivity (Wildman–Crippen MR) is 64.4 cm³/mol. The summed E-state index contributed by atoms with van der Waals surface area (Å²) in [6, 6.07) is 8.46. The van der Waals surface area contributed by atoms with Gasteiger partial charge >= 0.3 is 0 Å². The van der Waals surface area contributed by atoms with Crippen molar-refractivity contribution in [2.75, 3.05) is 13.2 Å². The zero-order valence-electron chi connectivity index (χ0n) is 9.32. The van der Waals surface area contributed by atoms with Crippen molar-refractivity contribution in [3.63, 3.8) is 0 Å². The Morgan fingerprint density at radius 3 is 2.94 bits per heavy atom. The number of aryl methyl sites for hydroxylation is 1. The SMILES string of the molecule is Cc1cc2cc(C3=CCOCC3)ccc2o1. The number of fused-ring (bicyclic) bond motifs is 1. The first kappa shape index (κ1) is 9.67. The summed E-state index contributed by atoms with van der Waals surface area (Å²) >= 11 is 0. The fraction of sp³-hybridized carbons (Fsp3) is 0.286. The maximum absolute atomic E-state index is 5.57. The van der Waals surface area contributed by atoms with Gasteiger partial charge in [-0.3, -0.25) is 0 Å². The summed E-state index contributed by atoms with van der Waals surface area (Å²) in [6.07, 6.45) is 3.17. The zero-order valence-corrected chi connectivity index (χ0v) is 9.32. The monoisotopic (exact) mass is 214 g/mol. The molecule has 0 atom stereocenters. The lowest BCUT2D eigenvalue weighted by molar-refractivity contribution is 0.161. The molecule has 0 radical (unpaired) electrons. The Bertz CT molecular complexity index is 549. The Balaban J connectivity index is 2.07. The first-order chi connectivity index (χ1) is 7.83. The molecule has 0 spiro atoms. The van der Waals surface area contributed by atoms with Crippen LogP contribution < -0.4 is 0 Å². The smallest absolute Gasteiger partial charge is 0.134 e. The van der Waals surface area contributed by atoms with E-state index in [1.165, 1.54) is 16.5 Å². The minimum atomic E-state index is 0.734. The zero-order chi connectivity index (χ0) is 11.0. The second-order valence-corrected chi connectivity index (χ2v) is 4.16. The molecule has 1 aromatic heterocycles. The largest absolute Gasteiger partial charge is 0.461 e. The second kappa shape index (κ2) is 3.80. The highest BCUT2D eigenvalue weighted by Gasteiger charge is 2.08. The van der Waals surface area contributed by atoms with Crippen LogP contribution in [0.1, 0.15) is 17.7 Å². The highest BCUT2D eigenvalue weighted by atomic mass is 16.5. The maximum atomic E-state index is 5.57. The molecule has 16 heavy (non-hydrogen) atoms. The standard InChI is InChI=1S/C14H14O2/c1-10-8-13-9-12(2-3-14(13)16-10)11-4-6-15-7-5-11/h2-4,8-9H,5-7H2,1H3. The maximum Gasteiger partial charge on any atom is 0.134 e. The van der Waals surface area contributed by atoms with Crippen molar-refractivity contribution in [3.05, 3.63) is 41.7 Å². The molecule has 0 bridgehead atoms. The molecule has 1 aliphatic heterocycles. The molecule has 0 N–H and O–H groups in total. The van der Waals surface area contributed by atoms with E-state index in [-0.39, 0.29) is 0 Å². The van der Waals surface area contributed by atoms with E-state index in [9.17, 15) is 0 Å². The molecule has 1 aliphatic rings. The molecule has 82 valence electrons. The average Bonchev–Trinajstić information content (AvgIpc) is 2.69. The molecular formula is C14H14O2. The van der Waals surface area contributed by atoms with Crippen LogP contribution in [0.25, 0.3) is 16.5 Å². The van der Waals surface area contributed by atoms with Crippen molar-refractivity contribution in [1.82, 2.24) is 0 Å².